The summed E-state index contributed by atoms with van der Waals surface area (Å²) in [5, 5.41) is 0. The summed E-state index contributed by atoms with van der Waals surface area (Å²) < 4.78 is 18.7. The topological polar surface area (TPSA) is 25.4 Å². The van der Waals surface area contributed by atoms with Gasteiger partial charge in [0.15, 0.2) is 0 Å². The predicted molar refractivity (Wildman–Crippen MR) is 64.6 cm³/mol. The largest absolute Gasteiger partial charge is 0.487 e. The second-order valence-electron chi connectivity index (χ2n) is 5.48. The molecular formula is C13H19FN2O. The molecule has 4 heteroatoms. The van der Waals surface area contributed by atoms with E-state index >= 15 is 0 Å². The smallest absolute Gasteiger partial charge is 0.145 e. The molecule has 3 nitrogen and oxygen atoms in total. The minimum Gasteiger partial charge on any atom is -0.487 e. The molecule has 94 valence electrons. The average molecular weight is 238 g/mol. The van der Waals surface area contributed by atoms with Gasteiger partial charge in [0.2, 0.25) is 0 Å². The average Bonchev–Trinajstić information content (AvgIpc) is 2.65. The highest BCUT2D eigenvalue weighted by Gasteiger charge is 2.31. The molecule has 1 aromatic rings. The van der Waals surface area contributed by atoms with Crippen molar-refractivity contribution in [1.29, 1.82) is 0 Å². The molecule has 0 bridgehead atoms. The number of rotatable bonds is 2. The monoisotopic (exact) mass is 238 g/mol. The lowest BCUT2D eigenvalue weighted by molar-refractivity contribution is 0.140. The third-order valence-corrected chi connectivity index (χ3v) is 3.08. The van der Waals surface area contributed by atoms with E-state index in [1.165, 1.54) is 12.3 Å². The fraction of sp³-hybridized carbons (Fsp3) is 0.615. The van der Waals surface area contributed by atoms with Crippen LogP contribution >= 0.6 is 0 Å². The Kier molecular flexibility index (Phi) is 3.33. The Bertz CT molecular complexity index is 389. The number of ether oxygens (including phenoxy) is 1. The van der Waals surface area contributed by atoms with Crippen LogP contribution in [0.2, 0.25) is 0 Å². The van der Waals surface area contributed by atoms with E-state index in [-0.39, 0.29) is 17.5 Å². The highest BCUT2D eigenvalue weighted by molar-refractivity contribution is 5.17. The molecule has 1 aromatic heterocycles. The van der Waals surface area contributed by atoms with Crippen molar-refractivity contribution in [2.75, 3.05) is 13.1 Å². The van der Waals surface area contributed by atoms with Crippen molar-refractivity contribution in [1.82, 2.24) is 9.88 Å². The van der Waals surface area contributed by atoms with E-state index in [0.717, 1.165) is 19.5 Å². The van der Waals surface area contributed by atoms with E-state index in [2.05, 4.69) is 30.7 Å². The van der Waals surface area contributed by atoms with Gasteiger partial charge in [0.05, 0.1) is 12.4 Å². The van der Waals surface area contributed by atoms with Crippen molar-refractivity contribution in [3.05, 3.63) is 24.3 Å². The zero-order chi connectivity index (χ0) is 12.5. The normalized spacial score (nSPS) is 21.8. The first-order valence-electron chi connectivity index (χ1n) is 5.97. The Morgan fingerprint density at radius 2 is 2.18 bits per heavy atom. The number of hydrogen-bond donors (Lipinski definition) is 0. The maximum Gasteiger partial charge on any atom is 0.145 e. The third-order valence-electron chi connectivity index (χ3n) is 3.08. The van der Waals surface area contributed by atoms with E-state index in [1.807, 2.05) is 0 Å². The van der Waals surface area contributed by atoms with Crippen LogP contribution < -0.4 is 4.74 Å². The molecule has 2 heterocycles. The molecule has 1 atom stereocenters. The molecule has 0 saturated carbocycles. The zero-order valence-electron chi connectivity index (χ0n) is 10.6. The highest BCUT2D eigenvalue weighted by Crippen LogP contribution is 2.23. The van der Waals surface area contributed by atoms with Crippen LogP contribution in [0.15, 0.2) is 18.5 Å². The van der Waals surface area contributed by atoms with Gasteiger partial charge in [0.1, 0.15) is 17.7 Å². The number of pyridine rings is 1. The number of nitrogens with zero attached hydrogens (tertiary/aromatic N) is 2. The molecule has 0 aliphatic carbocycles. The van der Waals surface area contributed by atoms with Crippen molar-refractivity contribution in [3.8, 4) is 5.75 Å². The van der Waals surface area contributed by atoms with Gasteiger partial charge in [-0.3, -0.25) is 9.88 Å². The van der Waals surface area contributed by atoms with Gasteiger partial charge in [0.25, 0.3) is 0 Å². The number of halogens is 1. The Hall–Kier alpha value is -1.16. The van der Waals surface area contributed by atoms with E-state index in [9.17, 15) is 4.39 Å². The number of aromatic nitrogens is 1. The molecule has 17 heavy (non-hydrogen) atoms. The standard InChI is InChI=1S/C13H19FN2O/c1-13(2,3)16-5-4-11(9-16)17-12-6-10(14)7-15-8-12/h6-8,11H,4-5,9H2,1-3H3. The van der Waals surface area contributed by atoms with Gasteiger partial charge in [-0.15, -0.1) is 0 Å². The van der Waals surface area contributed by atoms with Crippen molar-refractivity contribution in [3.63, 3.8) is 0 Å². The second kappa shape index (κ2) is 4.61. The van der Waals surface area contributed by atoms with Crippen LogP contribution in [0.25, 0.3) is 0 Å². The first-order valence-corrected chi connectivity index (χ1v) is 5.97. The molecule has 1 saturated heterocycles. The summed E-state index contributed by atoms with van der Waals surface area (Å²) in [4.78, 5) is 6.16. The molecule has 1 unspecified atom stereocenters. The number of likely N-dealkylation sites (tertiary alicyclic amines) is 1. The van der Waals surface area contributed by atoms with Gasteiger partial charge < -0.3 is 4.74 Å². The molecule has 0 spiro atoms. The quantitative estimate of drug-likeness (QED) is 0.791. The minimum atomic E-state index is -0.354. The van der Waals surface area contributed by atoms with Crippen LogP contribution in [0, 0.1) is 5.82 Å². The fourth-order valence-electron chi connectivity index (χ4n) is 2.08. The Morgan fingerprint density at radius 1 is 1.41 bits per heavy atom. The van der Waals surface area contributed by atoms with Crippen LogP contribution in [0.4, 0.5) is 4.39 Å². The summed E-state index contributed by atoms with van der Waals surface area (Å²) >= 11 is 0. The lowest BCUT2D eigenvalue weighted by atomic mass is 10.1. The third kappa shape index (κ3) is 3.16. The summed E-state index contributed by atoms with van der Waals surface area (Å²) in [6.07, 6.45) is 3.86. The van der Waals surface area contributed by atoms with Crippen LogP contribution in [-0.2, 0) is 0 Å². The first kappa shape index (κ1) is 12.3. The molecule has 0 amide bonds. The molecular weight excluding hydrogens is 219 g/mol. The van der Waals surface area contributed by atoms with Crippen LogP contribution in [0.5, 0.6) is 5.75 Å². The summed E-state index contributed by atoms with van der Waals surface area (Å²) in [6.45, 7) is 8.49. The molecule has 1 aliphatic rings. The molecule has 1 fully saturated rings. The Morgan fingerprint density at radius 3 is 2.76 bits per heavy atom. The summed E-state index contributed by atoms with van der Waals surface area (Å²) in [5.41, 5.74) is 0.165. The van der Waals surface area contributed by atoms with Crippen molar-refractivity contribution >= 4 is 0 Å². The summed E-state index contributed by atoms with van der Waals surface area (Å²) in [6, 6.07) is 1.38. The van der Waals surface area contributed by atoms with E-state index in [0.29, 0.717) is 5.75 Å². The van der Waals surface area contributed by atoms with E-state index in [4.69, 9.17) is 4.74 Å². The van der Waals surface area contributed by atoms with Crippen LogP contribution in [-0.4, -0.2) is 34.6 Å². The van der Waals surface area contributed by atoms with Gasteiger partial charge in [-0.1, -0.05) is 0 Å². The van der Waals surface area contributed by atoms with Crippen LogP contribution in [0.1, 0.15) is 27.2 Å². The zero-order valence-corrected chi connectivity index (χ0v) is 10.6. The van der Waals surface area contributed by atoms with Crippen LogP contribution in [0.3, 0.4) is 0 Å². The summed E-state index contributed by atoms with van der Waals surface area (Å²) in [7, 11) is 0. The SMILES string of the molecule is CC(C)(C)N1CCC(Oc2cncc(F)c2)C1. The van der Waals surface area contributed by atoms with Crippen molar-refractivity contribution in [2.24, 2.45) is 0 Å². The van der Waals surface area contributed by atoms with Crippen molar-refractivity contribution in [2.45, 2.75) is 38.8 Å². The lowest BCUT2D eigenvalue weighted by Crippen LogP contribution is -2.40. The first-order chi connectivity index (χ1) is 7.95. The Balaban J connectivity index is 1.94. The lowest BCUT2D eigenvalue weighted by Gasteiger charge is -2.31. The van der Waals surface area contributed by atoms with Gasteiger partial charge in [-0.05, 0) is 27.2 Å². The minimum absolute atomic E-state index is 0.137. The predicted octanol–water partition coefficient (Wildman–Crippen LogP) is 2.47. The van der Waals surface area contributed by atoms with Gasteiger partial charge in [-0.25, -0.2) is 4.39 Å². The van der Waals surface area contributed by atoms with Gasteiger partial charge in [0, 0.05) is 24.7 Å². The maximum atomic E-state index is 13.0. The Labute approximate surface area is 102 Å². The maximum absolute atomic E-state index is 13.0. The van der Waals surface area contributed by atoms with Crippen molar-refractivity contribution < 1.29 is 9.13 Å². The molecule has 0 radical (unpaired) electrons. The molecule has 0 aromatic carbocycles. The van der Waals surface area contributed by atoms with Gasteiger partial charge in [-0.2, -0.15) is 0 Å². The van der Waals surface area contributed by atoms with E-state index < -0.39 is 0 Å². The van der Waals surface area contributed by atoms with Gasteiger partial charge >= 0.3 is 0 Å². The highest BCUT2D eigenvalue weighted by atomic mass is 19.1. The fourth-order valence-corrected chi connectivity index (χ4v) is 2.08. The molecule has 0 N–H and O–H groups in total. The second-order valence-corrected chi connectivity index (χ2v) is 5.48. The summed E-state index contributed by atoms with van der Waals surface area (Å²) in [5.74, 6) is 0.166. The number of hydrogen-bond acceptors (Lipinski definition) is 3. The molecule has 1 aliphatic heterocycles. The van der Waals surface area contributed by atoms with E-state index in [1.54, 1.807) is 6.20 Å². The molecule has 2 rings (SSSR count).